The molecule has 21 heavy (non-hydrogen) atoms. The van der Waals surface area contributed by atoms with Crippen molar-refractivity contribution in [3.63, 3.8) is 0 Å². The minimum atomic E-state index is -1.77. The fourth-order valence-corrected chi connectivity index (χ4v) is 2.66. The van der Waals surface area contributed by atoms with Crippen molar-refractivity contribution in [1.29, 1.82) is 0 Å². The van der Waals surface area contributed by atoms with E-state index in [2.05, 4.69) is 5.32 Å². The molecule has 7 heteroatoms. The molecule has 2 aromatic carbocycles. The van der Waals surface area contributed by atoms with Crippen LogP contribution in [0.3, 0.4) is 0 Å². The topological polar surface area (TPSA) is 72.2 Å². The molecule has 0 aromatic heterocycles. The van der Waals surface area contributed by atoms with Crippen LogP contribution in [0.5, 0.6) is 0 Å². The zero-order valence-electron chi connectivity index (χ0n) is 10.8. The molecule has 0 heterocycles. The zero-order chi connectivity index (χ0) is 15.4. The Morgan fingerprint density at radius 3 is 2.57 bits per heavy atom. The first-order chi connectivity index (χ1) is 9.95. The number of benzene rings is 2. The van der Waals surface area contributed by atoms with Crippen molar-refractivity contribution in [2.24, 2.45) is 0 Å². The number of carbonyl (C=O) groups is 1. The standard InChI is InChI=1S/C14H12F2N2O2S/c15-9-5-10(17)7-11(6-9)21(20)8-14(19)18-13-4-2-1-3-12(13)16/h1-7H,8,17H2,(H,18,19). The lowest BCUT2D eigenvalue weighted by Crippen LogP contribution is -2.20. The Kier molecular flexibility index (Phi) is 4.64. The van der Waals surface area contributed by atoms with E-state index in [1.54, 1.807) is 6.07 Å². The van der Waals surface area contributed by atoms with Gasteiger partial charge in [-0.2, -0.15) is 0 Å². The van der Waals surface area contributed by atoms with Gasteiger partial charge in [0.25, 0.3) is 0 Å². The SMILES string of the molecule is Nc1cc(F)cc(S(=O)CC(=O)Nc2ccccc2F)c1. The van der Waals surface area contributed by atoms with Crippen LogP contribution in [0.1, 0.15) is 0 Å². The second-order valence-corrected chi connectivity index (χ2v) is 5.69. The van der Waals surface area contributed by atoms with E-state index in [4.69, 9.17) is 5.73 Å². The summed E-state index contributed by atoms with van der Waals surface area (Å²) in [6.45, 7) is 0. The molecule has 0 radical (unpaired) electrons. The maximum atomic E-state index is 13.4. The van der Waals surface area contributed by atoms with Crippen LogP contribution < -0.4 is 11.1 Å². The van der Waals surface area contributed by atoms with Crippen LogP contribution in [0.25, 0.3) is 0 Å². The Morgan fingerprint density at radius 2 is 1.90 bits per heavy atom. The largest absolute Gasteiger partial charge is 0.399 e. The Bertz CT molecular complexity index is 687. The normalized spacial score (nSPS) is 11.9. The fourth-order valence-electron chi connectivity index (χ4n) is 1.67. The van der Waals surface area contributed by atoms with Crippen molar-refractivity contribution in [2.75, 3.05) is 16.8 Å². The molecular weight excluding hydrogens is 298 g/mol. The number of rotatable bonds is 4. The van der Waals surface area contributed by atoms with Crippen LogP contribution in [0.15, 0.2) is 47.4 Å². The molecule has 0 aliphatic rings. The van der Waals surface area contributed by atoms with E-state index in [1.165, 1.54) is 24.3 Å². The molecule has 0 fully saturated rings. The van der Waals surface area contributed by atoms with Gasteiger partial charge >= 0.3 is 0 Å². The summed E-state index contributed by atoms with van der Waals surface area (Å²) in [5, 5.41) is 2.31. The minimum absolute atomic E-state index is 0.00161. The predicted octanol–water partition coefficient (Wildman–Crippen LogP) is 2.29. The molecule has 0 aliphatic carbocycles. The molecule has 2 aromatic rings. The van der Waals surface area contributed by atoms with Gasteiger partial charge in [-0.15, -0.1) is 0 Å². The smallest absolute Gasteiger partial charge is 0.237 e. The number of anilines is 2. The van der Waals surface area contributed by atoms with E-state index < -0.39 is 34.1 Å². The highest BCUT2D eigenvalue weighted by Gasteiger charge is 2.13. The molecule has 0 spiro atoms. The van der Waals surface area contributed by atoms with Crippen LogP contribution >= 0.6 is 0 Å². The van der Waals surface area contributed by atoms with Crippen LogP contribution in [0, 0.1) is 11.6 Å². The molecule has 0 aliphatic heterocycles. The second kappa shape index (κ2) is 6.45. The van der Waals surface area contributed by atoms with E-state index in [1.807, 2.05) is 0 Å². The summed E-state index contributed by atoms with van der Waals surface area (Å²) in [4.78, 5) is 11.8. The first-order valence-electron chi connectivity index (χ1n) is 5.94. The highest BCUT2D eigenvalue weighted by molar-refractivity contribution is 7.85. The lowest BCUT2D eigenvalue weighted by Gasteiger charge is -2.07. The number of nitrogen functional groups attached to an aromatic ring is 1. The molecular formula is C14H12F2N2O2S. The average molecular weight is 310 g/mol. The minimum Gasteiger partial charge on any atom is -0.399 e. The van der Waals surface area contributed by atoms with Crippen molar-refractivity contribution in [3.8, 4) is 0 Å². The van der Waals surface area contributed by atoms with Gasteiger partial charge in [-0.05, 0) is 30.3 Å². The first kappa shape index (κ1) is 15.1. The van der Waals surface area contributed by atoms with E-state index in [9.17, 15) is 17.8 Å². The summed E-state index contributed by atoms with van der Waals surface area (Å²) in [6.07, 6.45) is 0. The van der Waals surface area contributed by atoms with Gasteiger partial charge in [0.1, 0.15) is 17.4 Å². The van der Waals surface area contributed by atoms with E-state index in [0.29, 0.717) is 0 Å². The summed E-state index contributed by atoms with van der Waals surface area (Å²) >= 11 is 0. The van der Waals surface area contributed by atoms with Crippen LogP contribution in [-0.2, 0) is 15.6 Å². The lowest BCUT2D eigenvalue weighted by molar-refractivity contribution is -0.113. The van der Waals surface area contributed by atoms with E-state index >= 15 is 0 Å². The van der Waals surface area contributed by atoms with Crippen molar-refractivity contribution in [1.82, 2.24) is 0 Å². The van der Waals surface area contributed by atoms with Crippen molar-refractivity contribution < 1.29 is 17.8 Å². The molecule has 0 bridgehead atoms. The number of hydrogen-bond donors (Lipinski definition) is 2. The van der Waals surface area contributed by atoms with Crippen molar-refractivity contribution in [3.05, 3.63) is 54.1 Å². The fraction of sp³-hybridized carbons (Fsp3) is 0.0714. The average Bonchev–Trinajstić information content (AvgIpc) is 2.40. The summed E-state index contributed by atoms with van der Waals surface area (Å²) in [5.41, 5.74) is 5.56. The number of para-hydroxylation sites is 1. The number of halogens is 2. The van der Waals surface area contributed by atoms with E-state index in [-0.39, 0.29) is 16.3 Å². The van der Waals surface area contributed by atoms with Crippen LogP contribution in [0.2, 0.25) is 0 Å². The number of nitrogens with two attached hydrogens (primary N) is 1. The van der Waals surface area contributed by atoms with Crippen LogP contribution in [-0.4, -0.2) is 15.9 Å². The number of carbonyl (C=O) groups excluding carboxylic acids is 1. The Balaban J connectivity index is 2.06. The quantitative estimate of drug-likeness (QED) is 0.851. The van der Waals surface area contributed by atoms with Gasteiger partial charge in [0.15, 0.2) is 0 Å². The molecule has 2 rings (SSSR count). The highest BCUT2D eigenvalue weighted by atomic mass is 32.2. The number of hydrogen-bond acceptors (Lipinski definition) is 3. The second-order valence-electron chi connectivity index (χ2n) is 4.24. The van der Waals surface area contributed by atoms with E-state index in [0.717, 1.165) is 12.1 Å². The maximum Gasteiger partial charge on any atom is 0.237 e. The molecule has 1 atom stereocenters. The van der Waals surface area contributed by atoms with Gasteiger partial charge in [0.05, 0.1) is 16.5 Å². The van der Waals surface area contributed by atoms with Gasteiger partial charge in [-0.25, -0.2) is 8.78 Å². The third-order valence-electron chi connectivity index (χ3n) is 2.57. The van der Waals surface area contributed by atoms with Gasteiger partial charge in [-0.3, -0.25) is 9.00 Å². The van der Waals surface area contributed by atoms with Gasteiger partial charge in [0, 0.05) is 10.6 Å². The molecule has 110 valence electrons. The molecule has 1 amide bonds. The lowest BCUT2D eigenvalue weighted by atomic mass is 10.3. The number of nitrogens with one attached hydrogen (secondary N) is 1. The molecule has 0 saturated heterocycles. The highest BCUT2D eigenvalue weighted by Crippen LogP contribution is 2.16. The molecule has 4 nitrogen and oxygen atoms in total. The van der Waals surface area contributed by atoms with Gasteiger partial charge in [-0.1, -0.05) is 12.1 Å². The summed E-state index contributed by atoms with van der Waals surface area (Å²) in [7, 11) is -1.77. The third-order valence-corrected chi connectivity index (χ3v) is 3.85. The van der Waals surface area contributed by atoms with Gasteiger partial charge in [0.2, 0.25) is 5.91 Å². The zero-order valence-corrected chi connectivity index (χ0v) is 11.6. The Morgan fingerprint density at radius 1 is 1.19 bits per heavy atom. The molecule has 3 N–H and O–H groups in total. The molecule has 1 unspecified atom stereocenters. The third kappa shape index (κ3) is 4.09. The maximum absolute atomic E-state index is 13.4. The van der Waals surface area contributed by atoms with Crippen molar-refractivity contribution in [2.45, 2.75) is 4.90 Å². The summed E-state index contributed by atoms with van der Waals surface area (Å²) in [6, 6.07) is 9.08. The predicted molar refractivity (Wildman–Crippen MR) is 77.1 cm³/mol. The Hall–Kier alpha value is -2.28. The summed E-state index contributed by atoms with van der Waals surface area (Å²) in [5.74, 6) is -2.28. The monoisotopic (exact) mass is 310 g/mol. The van der Waals surface area contributed by atoms with Crippen LogP contribution in [0.4, 0.5) is 20.2 Å². The molecule has 0 saturated carbocycles. The van der Waals surface area contributed by atoms with Crippen molar-refractivity contribution >= 4 is 28.1 Å². The first-order valence-corrected chi connectivity index (χ1v) is 7.26. The summed E-state index contributed by atoms with van der Waals surface area (Å²) < 4.78 is 38.5. The van der Waals surface area contributed by atoms with Gasteiger partial charge < -0.3 is 11.1 Å². The Labute approximate surface area is 122 Å². The number of amides is 1.